The predicted molar refractivity (Wildman–Crippen MR) is 94.1 cm³/mol. The number of methoxy groups -OCH3 is 1. The van der Waals surface area contributed by atoms with Crippen molar-refractivity contribution in [1.29, 1.82) is 0 Å². The molecule has 0 aliphatic carbocycles. The molecule has 2 aromatic rings. The Morgan fingerprint density at radius 2 is 2.04 bits per heavy atom. The zero-order chi connectivity index (χ0) is 20.0. The summed E-state index contributed by atoms with van der Waals surface area (Å²) in [5.41, 5.74) is 1.36. The van der Waals surface area contributed by atoms with Crippen LogP contribution in [0.15, 0.2) is 30.6 Å². The highest BCUT2D eigenvalue weighted by Gasteiger charge is 2.29. The fourth-order valence-corrected chi connectivity index (χ4v) is 2.31. The number of hydrogen-bond donors (Lipinski definition) is 1. The van der Waals surface area contributed by atoms with Gasteiger partial charge in [0.25, 0.3) is 0 Å². The van der Waals surface area contributed by atoms with Gasteiger partial charge in [0.05, 0.1) is 19.0 Å². The minimum absolute atomic E-state index is 0.00382. The second-order valence-electron chi connectivity index (χ2n) is 6.24. The molecule has 0 aliphatic rings. The maximum atomic E-state index is 12.3. The SMILES string of the molecule is COc1cc(CCC(=O)Nc2cnn(C(C)C)c2)ccc1OCC(F)(F)F. The summed E-state index contributed by atoms with van der Waals surface area (Å²) < 4.78 is 48.4. The van der Waals surface area contributed by atoms with Gasteiger partial charge in [-0.25, -0.2) is 0 Å². The molecule has 1 N–H and O–H groups in total. The molecule has 1 amide bonds. The quantitative estimate of drug-likeness (QED) is 0.746. The van der Waals surface area contributed by atoms with Crippen LogP contribution >= 0.6 is 0 Å². The van der Waals surface area contributed by atoms with Crippen LogP contribution in [0.5, 0.6) is 11.5 Å². The number of hydrogen-bond acceptors (Lipinski definition) is 4. The van der Waals surface area contributed by atoms with E-state index in [9.17, 15) is 18.0 Å². The van der Waals surface area contributed by atoms with Crippen molar-refractivity contribution in [3.8, 4) is 11.5 Å². The minimum Gasteiger partial charge on any atom is -0.493 e. The Hall–Kier alpha value is -2.71. The van der Waals surface area contributed by atoms with E-state index in [4.69, 9.17) is 9.47 Å². The monoisotopic (exact) mass is 385 g/mol. The normalized spacial score (nSPS) is 11.5. The highest BCUT2D eigenvalue weighted by Crippen LogP contribution is 2.30. The predicted octanol–water partition coefficient (Wildman–Crippen LogP) is 3.99. The van der Waals surface area contributed by atoms with Crippen LogP contribution in [0, 0.1) is 0 Å². The van der Waals surface area contributed by atoms with Gasteiger partial charge >= 0.3 is 6.18 Å². The topological polar surface area (TPSA) is 65.4 Å². The Labute approximate surface area is 155 Å². The Kier molecular flexibility index (Phi) is 6.70. The van der Waals surface area contributed by atoms with Crippen LogP contribution in [-0.4, -0.2) is 35.6 Å². The fraction of sp³-hybridized carbons (Fsp3) is 0.444. The highest BCUT2D eigenvalue weighted by molar-refractivity contribution is 5.90. The first-order chi connectivity index (χ1) is 12.7. The summed E-state index contributed by atoms with van der Waals surface area (Å²) in [6, 6.07) is 4.78. The molecule has 0 saturated carbocycles. The standard InChI is InChI=1S/C18H22F3N3O3/c1-12(2)24-10-14(9-22-24)23-17(25)7-5-13-4-6-15(16(8-13)26-3)27-11-18(19,20)21/h4,6,8-10,12H,5,7,11H2,1-3H3,(H,23,25). The summed E-state index contributed by atoms with van der Waals surface area (Å²) in [4.78, 5) is 12.1. The largest absolute Gasteiger partial charge is 0.493 e. The number of aryl methyl sites for hydroxylation is 1. The van der Waals surface area contributed by atoms with Crippen LogP contribution in [0.3, 0.4) is 0 Å². The molecule has 1 heterocycles. The molecule has 0 fully saturated rings. The Bertz CT molecular complexity index is 773. The van der Waals surface area contributed by atoms with Crippen LogP contribution in [0.2, 0.25) is 0 Å². The summed E-state index contributed by atoms with van der Waals surface area (Å²) in [7, 11) is 1.35. The molecule has 0 atom stereocenters. The lowest BCUT2D eigenvalue weighted by molar-refractivity contribution is -0.153. The first kappa shape index (κ1) is 20.6. The van der Waals surface area contributed by atoms with E-state index in [0.717, 1.165) is 5.56 Å². The second-order valence-corrected chi connectivity index (χ2v) is 6.24. The molecule has 0 aliphatic heterocycles. The van der Waals surface area contributed by atoms with Gasteiger partial charge in [-0.05, 0) is 38.0 Å². The van der Waals surface area contributed by atoms with Gasteiger partial charge in [0.2, 0.25) is 5.91 Å². The van der Waals surface area contributed by atoms with Crippen molar-refractivity contribution in [2.75, 3.05) is 19.0 Å². The number of nitrogens with zero attached hydrogens (tertiary/aromatic N) is 2. The van der Waals surface area contributed by atoms with Gasteiger partial charge in [0.1, 0.15) is 0 Å². The third kappa shape index (κ3) is 6.50. The summed E-state index contributed by atoms with van der Waals surface area (Å²) >= 11 is 0. The Morgan fingerprint density at radius 1 is 1.30 bits per heavy atom. The minimum atomic E-state index is -4.43. The van der Waals surface area contributed by atoms with Crippen LogP contribution in [0.4, 0.5) is 18.9 Å². The maximum Gasteiger partial charge on any atom is 0.422 e. The first-order valence-electron chi connectivity index (χ1n) is 8.38. The smallest absolute Gasteiger partial charge is 0.422 e. The number of benzene rings is 1. The van der Waals surface area contributed by atoms with Crippen LogP contribution in [0.1, 0.15) is 31.9 Å². The summed E-state index contributed by atoms with van der Waals surface area (Å²) in [6.45, 7) is 2.57. The molecule has 2 rings (SSSR count). The average Bonchev–Trinajstić information content (AvgIpc) is 3.06. The third-order valence-corrected chi connectivity index (χ3v) is 3.67. The Balaban J connectivity index is 1.91. The number of ether oxygens (including phenoxy) is 2. The van der Waals surface area contributed by atoms with Gasteiger partial charge in [-0.15, -0.1) is 0 Å². The van der Waals surface area contributed by atoms with Crippen molar-refractivity contribution in [1.82, 2.24) is 9.78 Å². The third-order valence-electron chi connectivity index (χ3n) is 3.67. The molecule has 0 bridgehead atoms. The summed E-state index contributed by atoms with van der Waals surface area (Å²) in [5, 5.41) is 6.91. The van der Waals surface area contributed by atoms with Gasteiger partial charge in [0.15, 0.2) is 18.1 Å². The lowest BCUT2D eigenvalue weighted by Gasteiger charge is -2.13. The van der Waals surface area contributed by atoms with Gasteiger partial charge in [0, 0.05) is 18.7 Å². The number of carbonyl (C=O) groups is 1. The molecule has 1 aromatic heterocycles. The van der Waals surface area contributed by atoms with Crippen LogP contribution in [0.25, 0.3) is 0 Å². The van der Waals surface area contributed by atoms with Crippen molar-refractivity contribution in [3.63, 3.8) is 0 Å². The van der Waals surface area contributed by atoms with Gasteiger partial charge < -0.3 is 14.8 Å². The van der Waals surface area contributed by atoms with E-state index in [1.165, 1.54) is 13.2 Å². The molecule has 0 saturated heterocycles. The van der Waals surface area contributed by atoms with Gasteiger partial charge in [-0.2, -0.15) is 18.3 Å². The van der Waals surface area contributed by atoms with Crippen LogP contribution < -0.4 is 14.8 Å². The van der Waals surface area contributed by atoms with Crippen molar-refractivity contribution in [2.24, 2.45) is 0 Å². The lowest BCUT2D eigenvalue weighted by Crippen LogP contribution is -2.19. The van der Waals surface area contributed by atoms with Crippen LogP contribution in [-0.2, 0) is 11.2 Å². The number of carbonyl (C=O) groups excluding carboxylic acids is 1. The molecular formula is C18H22F3N3O3. The molecule has 0 radical (unpaired) electrons. The molecule has 0 unspecified atom stereocenters. The van der Waals surface area contributed by atoms with E-state index in [-0.39, 0.29) is 29.9 Å². The van der Waals surface area contributed by atoms with E-state index in [0.29, 0.717) is 12.1 Å². The number of alkyl halides is 3. The van der Waals surface area contributed by atoms with E-state index in [2.05, 4.69) is 10.4 Å². The van der Waals surface area contributed by atoms with Crippen molar-refractivity contribution < 1.29 is 27.4 Å². The summed E-state index contributed by atoms with van der Waals surface area (Å²) in [6.07, 6.45) is -0.490. The molecule has 148 valence electrons. The van der Waals surface area contributed by atoms with E-state index >= 15 is 0 Å². The molecule has 1 aromatic carbocycles. The van der Waals surface area contributed by atoms with Gasteiger partial charge in [-0.3, -0.25) is 9.48 Å². The average molecular weight is 385 g/mol. The van der Waals surface area contributed by atoms with E-state index < -0.39 is 12.8 Å². The van der Waals surface area contributed by atoms with Crippen molar-refractivity contribution in [2.45, 2.75) is 38.9 Å². The number of halogens is 3. The molecule has 27 heavy (non-hydrogen) atoms. The summed E-state index contributed by atoms with van der Waals surface area (Å²) in [5.74, 6) is 0.00849. The number of nitrogens with one attached hydrogen (secondary N) is 1. The van der Waals surface area contributed by atoms with Gasteiger partial charge in [-0.1, -0.05) is 6.07 Å². The van der Waals surface area contributed by atoms with Crippen molar-refractivity contribution >= 4 is 11.6 Å². The molecular weight excluding hydrogens is 363 g/mol. The number of rotatable bonds is 8. The zero-order valence-corrected chi connectivity index (χ0v) is 15.3. The van der Waals surface area contributed by atoms with E-state index in [1.54, 1.807) is 29.2 Å². The van der Waals surface area contributed by atoms with E-state index in [1.807, 2.05) is 13.8 Å². The number of amides is 1. The lowest BCUT2D eigenvalue weighted by atomic mass is 10.1. The zero-order valence-electron chi connectivity index (χ0n) is 15.3. The number of anilines is 1. The highest BCUT2D eigenvalue weighted by atomic mass is 19.4. The molecule has 9 heteroatoms. The van der Waals surface area contributed by atoms with Crippen molar-refractivity contribution in [3.05, 3.63) is 36.2 Å². The Morgan fingerprint density at radius 3 is 2.63 bits per heavy atom. The molecule has 0 spiro atoms. The fourth-order valence-electron chi connectivity index (χ4n) is 2.31. The maximum absolute atomic E-state index is 12.3. The first-order valence-corrected chi connectivity index (χ1v) is 8.38. The second kappa shape index (κ2) is 8.79. The molecule has 6 nitrogen and oxygen atoms in total. The number of aromatic nitrogens is 2.